The first-order valence-corrected chi connectivity index (χ1v) is 8.17. The molecule has 0 bridgehead atoms. The molecule has 1 amide bonds. The van der Waals surface area contributed by atoms with E-state index in [1.165, 1.54) is 51.4 Å². The van der Waals surface area contributed by atoms with Crippen molar-refractivity contribution in [2.24, 2.45) is 5.41 Å². The van der Waals surface area contributed by atoms with Crippen molar-refractivity contribution in [3.8, 4) is 0 Å². The Bertz CT molecular complexity index is 326. The highest BCUT2D eigenvalue weighted by Gasteiger charge is 2.38. The predicted octanol–water partition coefficient (Wildman–Crippen LogP) is 2.70. The fourth-order valence-electron chi connectivity index (χ4n) is 4.50. The fourth-order valence-corrected chi connectivity index (χ4v) is 4.50. The highest BCUT2D eigenvalue weighted by molar-refractivity contribution is 5.76. The van der Waals surface area contributed by atoms with Crippen LogP contribution in [0.5, 0.6) is 0 Å². The maximum atomic E-state index is 11.5. The van der Waals surface area contributed by atoms with Crippen LogP contribution in [0.1, 0.15) is 64.2 Å². The molecule has 1 atom stereocenters. The molecule has 1 spiro atoms. The third-order valence-electron chi connectivity index (χ3n) is 5.81. The van der Waals surface area contributed by atoms with Crippen LogP contribution in [-0.2, 0) is 4.79 Å². The molecule has 2 saturated carbocycles. The molecule has 1 saturated heterocycles. The summed E-state index contributed by atoms with van der Waals surface area (Å²) in [5.41, 5.74) is 0.734. The normalized spacial score (nSPS) is 32.2. The van der Waals surface area contributed by atoms with Gasteiger partial charge in [-0.3, -0.25) is 4.79 Å². The third kappa shape index (κ3) is 2.96. The Hall–Kier alpha value is -0.570. The molecule has 0 aromatic rings. The van der Waals surface area contributed by atoms with E-state index >= 15 is 0 Å². The number of carbonyl (C=O) groups is 1. The molecule has 1 unspecified atom stereocenters. The molecule has 0 aromatic carbocycles. The maximum Gasteiger partial charge on any atom is 0.222 e. The van der Waals surface area contributed by atoms with Gasteiger partial charge in [0.1, 0.15) is 0 Å². The molecule has 1 N–H and O–H groups in total. The van der Waals surface area contributed by atoms with Gasteiger partial charge in [0.05, 0.1) is 0 Å². The van der Waals surface area contributed by atoms with Crippen LogP contribution in [0.15, 0.2) is 0 Å². The quantitative estimate of drug-likeness (QED) is 0.831. The van der Waals surface area contributed by atoms with E-state index in [0.29, 0.717) is 18.0 Å². The molecule has 1 heterocycles. The molecule has 3 aliphatic rings. The van der Waals surface area contributed by atoms with Gasteiger partial charge in [-0.05, 0) is 50.4 Å². The van der Waals surface area contributed by atoms with Crippen LogP contribution in [0.4, 0.5) is 0 Å². The summed E-state index contributed by atoms with van der Waals surface area (Å²) in [6.07, 6.45) is 13.2. The highest BCUT2D eigenvalue weighted by Crippen LogP contribution is 2.48. The van der Waals surface area contributed by atoms with Gasteiger partial charge in [0.2, 0.25) is 5.91 Å². The summed E-state index contributed by atoms with van der Waals surface area (Å²) >= 11 is 0. The Kier molecular flexibility index (Phi) is 3.84. The molecule has 2 aliphatic carbocycles. The number of carbonyl (C=O) groups excluding carboxylic acids is 1. The first-order valence-electron chi connectivity index (χ1n) is 8.17. The van der Waals surface area contributed by atoms with Gasteiger partial charge in [0.25, 0.3) is 0 Å². The number of likely N-dealkylation sites (tertiary alicyclic amines) is 1. The van der Waals surface area contributed by atoms with E-state index < -0.39 is 0 Å². The topological polar surface area (TPSA) is 32.3 Å². The molecule has 0 aromatic heterocycles. The van der Waals surface area contributed by atoms with Crippen molar-refractivity contribution in [3.63, 3.8) is 0 Å². The van der Waals surface area contributed by atoms with Gasteiger partial charge in [0.15, 0.2) is 0 Å². The lowest BCUT2D eigenvalue weighted by Crippen LogP contribution is -2.51. The summed E-state index contributed by atoms with van der Waals surface area (Å²) in [6.45, 7) is 0.903. The predicted molar refractivity (Wildman–Crippen MR) is 77.0 cm³/mol. The van der Waals surface area contributed by atoms with Crippen LogP contribution >= 0.6 is 0 Å². The number of hydrogen-bond donors (Lipinski definition) is 1. The molecule has 19 heavy (non-hydrogen) atoms. The molecule has 1 aliphatic heterocycles. The summed E-state index contributed by atoms with van der Waals surface area (Å²) in [5.74, 6) is 0.312. The Morgan fingerprint density at radius 2 is 1.74 bits per heavy atom. The van der Waals surface area contributed by atoms with Crippen molar-refractivity contribution in [2.75, 3.05) is 13.6 Å². The highest BCUT2D eigenvalue weighted by atomic mass is 16.2. The number of amides is 1. The molecule has 0 radical (unpaired) electrons. The second kappa shape index (κ2) is 5.43. The minimum atomic E-state index is 0.312. The lowest BCUT2D eigenvalue weighted by Gasteiger charge is -2.40. The number of likely N-dealkylation sites (N-methyl/N-ethyl adjacent to an activating group) is 1. The molecule has 108 valence electrons. The van der Waals surface area contributed by atoms with Crippen LogP contribution in [0.3, 0.4) is 0 Å². The summed E-state index contributed by atoms with van der Waals surface area (Å²) < 4.78 is 0. The minimum absolute atomic E-state index is 0.312. The Balaban J connectivity index is 1.46. The first-order chi connectivity index (χ1) is 9.17. The smallest absolute Gasteiger partial charge is 0.222 e. The lowest BCUT2D eigenvalue weighted by atomic mass is 9.71. The second-order valence-electron chi connectivity index (χ2n) is 7.16. The zero-order chi connectivity index (χ0) is 13.3. The summed E-state index contributed by atoms with van der Waals surface area (Å²) in [6, 6.07) is 1.24. The second-order valence-corrected chi connectivity index (χ2v) is 7.16. The van der Waals surface area contributed by atoms with E-state index in [-0.39, 0.29) is 0 Å². The fraction of sp³-hybridized carbons (Fsp3) is 0.938. The van der Waals surface area contributed by atoms with Crippen molar-refractivity contribution >= 4 is 5.91 Å². The standard InChI is InChI=1S/C16H28N2O/c1-18-12-14(4-5-15(18)19)17-13-6-10-16(11-7-13)8-2-3-9-16/h13-14,17H,2-12H2,1H3. The number of rotatable bonds is 2. The van der Waals surface area contributed by atoms with Crippen molar-refractivity contribution < 1.29 is 4.79 Å². The summed E-state index contributed by atoms with van der Waals surface area (Å²) in [4.78, 5) is 13.4. The number of hydrogen-bond acceptors (Lipinski definition) is 2. The largest absolute Gasteiger partial charge is 0.344 e. The maximum absolute atomic E-state index is 11.5. The molecule has 3 fully saturated rings. The SMILES string of the molecule is CN1CC(NC2CCC3(CCCC3)CC2)CCC1=O. The Morgan fingerprint density at radius 1 is 1.05 bits per heavy atom. The zero-order valence-electron chi connectivity index (χ0n) is 12.3. The number of nitrogens with one attached hydrogen (secondary N) is 1. The van der Waals surface area contributed by atoms with E-state index in [4.69, 9.17) is 0 Å². The van der Waals surface area contributed by atoms with Gasteiger partial charge < -0.3 is 10.2 Å². The molecule has 3 nitrogen and oxygen atoms in total. The van der Waals surface area contributed by atoms with E-state index in [9.17, 15) is 4.79 Å². The zero-order valence-corrected chi connectivity index (χ0v) is 12.3. The number of nitrogens with zero attached hydrogens (tertiary/aromatic N) is 1. The third-order valence-corrected chi connectivity index (χ3v) is 5.81. The monoisotopic (exact) mass is 264 g/mol. The van der Waals surface area contributed by atoms with Crippen molar-refractivity contribution in [1.82, 2.24) is 10.2 Å². The van der Waals surface area contributed by atoms with Gasteiger partial charge in [-0.1, -0.05) is 12.8 Å². The van der Waals surface area contributed by atoms with Crippen molar-refractivity contribution in [2.45, 2.75) is 76.3 Å². The molecular weight excluding hydrogens is 236 g/mol. The Labute approximate surface area is 117 Å². The van der Waals surface area contributed by atoms with Crippen LogP contribution in [0.2, 0.25) is 0 Å². The molecule has 3 rings (SSSR count). The van der Waals surface area contributed by atoms with Crippen LogP contribution in [0, 0.1) is 5.41 Å². The molecule has 3 heteroatoms. The average molecular weight is 264 g/mol. The van der Waals surface area contributed by atoms with E-state index in [1.807, 2.05) is 11.9 Å². The van der Waals surface area contributed by atoms with Crippen LogP contribution in [-0.4, -0.2) is 36.5 Å². The van der Waals surface area contributed by atoms with E-state index in [1.54, 1.807) is 0 Å². The van der Waals surface area contributed by atoms with E-state index in [0.717, 1.165) is 24.8 Å². The van der Waals surface area contributed by atoms with Crippen LogP contribution < -0.4 is 5.32 Å². The van der Waals surface area contributed by atoms with Gasteiger partial charge in [0, 0.05) is 32.1 Å². The minimum Gasteiger partial charge on any atom is -0.344 e. The van der Waals surface area contributed by atoms with E-state index in [2.05, 4.69) is 5.32 Å². The summed E-state index contributed by atoms with van der Waals surface area (Å²) in [5, 5.41) is 3.82. The van der Waals surface area contributed by atoms with Gasteiger partial charge in [-0.25, -0.2) is 0 Å². The van der Waals surface area contributed by atoms with Crippen molar-refractivity contribution in [1.29, 1.82) is 0 Å². The molecular formula is C16H28N2O. The number of piperidine rings is 1. The average Bonchev–Trinajstić information content (AvgIpc) is 2.86. The first kappa shape index (κ1) is 13.4. The lowest BCUT2D eigenvalue weighted by molar-refractivity contribution is -0.132. The Morgan fingerprint density at radius 3 is 2.37 bits per heavy atom. The van der Waals surface area contributed by atoms with Gasteiger partial charge >= 0.3 is 0 Å². The summed E-state index contributed by atoms with van der Waals surface area (Å²) in [7, 11) is 1.94. The van der Waals surface area contributed by atoms with Crippen molar-refractivity contribution in [3.05, 3.63) is 0 Å². The van der Waals surface area contributed by atoms with Gasteiger partial charge in [-0.2, -0.15) is 0 Å². The van der Waals surface area contributed by atoms with Gasteiger partial charge in [-0.15, -0.1) is 0 Å². The van der Waals surface area contributed by atoms with Crippen LogP contribution in [0.25, 0.3) is 0 Å².